The monoisotopic (exact) mass is 309 g/mol. The number of anilines is 2. The molecule has 0 atom stereocenters. The molecule has 0 aromatic heterocycles. The van der Waals surface area contributed by atoms with Crippen LogP contribution in [0.1, 0.15) is 0 Å². The smallest absolute Gasteiger partial charge is 0.267 e. The fraction of sp³-hybridized carbons (Fsp3) is 0.0588. The number of hydrogen-bond donors (Lipinski definition) is 3. The first-order chi connectivity index (χ1) is 11.1. The molecule has 23 heavy (non-hydrogen) atoms. The maximum absolute atomic E-state index is 12.1. The first-order valence-corrected chi connectivity index (χ1v) is 6.73. The molecule has 0 heterocycles. The first kappa shape index (κ1) is 15.9. The third-order valence-electron chi connectivity index (χ3n) is 2.94. The molecule has 0 aliphatic heterocycles. The third-order valence-corrected chi connectivity index (χ3v) is 2.94. The Labute approximate surface area is 133 Å². The van der Waals surface area contributed by atoms with Gasteiger partial charge in [0.2, 0.25) is 0 Å². The summed E-state index contributed by atoms with van der Waals surface area (Å²) in [4.78, 5) is 12.1. The van der Waals surface area contributed by atoms with Crippen LogP contribution < -0.4 is 15.4 Å². The Bertz CT molecular complexity index is 761. The molecule has 2 aromatic carbocycles. The van der Waals surface area contributed by atoms with Crippen LogP contribution in [-0.4, -0.2) is 18.1 Å². The van der Waals surface area contributed by atoms with Crippen molar-refractivity contribution in [1.29, 1.82) is 5.26 Å². The van der Waals surface area contributed by atoms with E-state index in [1.165, 1.54) is 18.3 Å². The highest BCUT2D eigenvalue weighted by Gasteiger charge is 2.09. The van der Waals surface area contributed by atoms with Crippen molar-refractivity contribution in [2.45, 2.75) is 0 Å². The van der Waals surface area contributed by atoms with Crippen LogP contribution in [0.3, 0.4) is 0 Å². The number of phenolic OH excluding ortho intramolecular Hbond substituents is 1. The van der Waals surface area contributed by atoms with Crippen molar-refractivity contribution in [1.82, 2.24) is 0 Å². The molecule has 116 valence electrons. The van der Waals surface area contributed by atoms with Crippen molar-refractivity contribution in [3.8, 4) is 17.6 Å². The summed E-state index contributed by atoms with van der Waals surface area (Å²) in [7, 11) is 1.55. The molecule has 1 amide bonds. The van der Waals surface area contributed by atoms with E-state index in [1.54, 1.807) is 43.5 Å². The lowest BCUT2D eigenvalue weighted by atomic mass is 10.2. The second kappa shape index (κ2) is 7.52. The van der Waals surface area contributed by atoms with Crippen molar-refractivity contribution in [2.24, 2.45) is 0 Å². The lowest BCUT2D eigenvalue weighted by Crippen LogP contribution is -2.14. The molecule has 3 N–H and O–H groups in total. The molecule has 0 fully saturated rings. The summed E-state index contributed by atoms with van der Waals surface area (Å²) in [5, 5.41) is 23.9. The standard InChI is InChI=1S/C17H15N3O3/c1-23-16-7-5-13(6-8-16)20-17(22)12(10-18)11-19-14-3-2-4-15(21)9-14/h2-9,11,19,21H,1H3,(H,20,22)/b12-11-. The van der Waals surface area contributed by atoms with Gasteiger partial charge in [0.25, 0.3) is 5.91 Å². The second-order valence-corrected chi connectivity index (χ2v) is 4.55. The molecule has 6 heteroatoms. The van der Waals surface area contributed by atoms with Gasteiger partial charge in [-0.2, -0.15) is 5.26 Å². The summed E-state index contributed by atoms with van der Waals surface area (Å²) >= 11 is 0. The highest BCUT2D eigenvalue weighted by atomic mass is 16.5. The highest BCUT2D eigenvalue weighted by Crippen LogP contribution is 2.17. The average molecular weight is 309 g/mol. The van der Waals surface area contributed by atoms with Crippen LogP contribution >= 0.6 is 0 Å². The summed E-state index contributed by atoms with van der Waals surface area (Å²) in [6, 6.07) is 14.9. The van der Waals surface area contributed by atoms with Crippen molar-refractivity contribution in [3.63, 3.8) is 0 Å². The minimum atomic E-state index is -0.537. The van der Waals surface area contributed by atoms with Gasteiger partial charge in [-0.1, -0.05) is 6.07 Å². The van der Waals surface area contributed by atoms with Gasteiger partial charge < -0.3 is 20.5 Å². The molecule has 0 spiro atoms. The van der Waals surface area contributed by atoms with Crippen LogP contribution in [0.25, 0.3) is 0 Å². The number of nitrogens with one attached hydrogen (secondary N) is 2. The number of phenols is 1. The van der Waals surface area contributed by atoms with E-state index < -0.39 is 5.91 Å². The molecule has 2 rings (SSSR count). The van der Waals surface area contributed by atoms with Crippen molar-refractivity contribution < 1.29 is 14.6 Å². The fourth-order valence-electron chi connectivity index (χ4n) is 1.77. The van der Waals surface area contributed by atoms with E-state index in [2.05, 4.69) is 10.6 Å². The molecule has 0 aliphatic carbocycles. The van der Waals surface area contributed by atoms with Crippen molar-refractivity contribution in [2.75, 3.05) is 17.7 Å². The van der Waals surface area contributed by atoms with Gasteiger partial charge in [-0.15, -0.1) is 0 Å². The Kier molecular flexibility index (Phi) is 5.21. The zero-order valence-corrected chi connectivity index (χ0v) is 12.4. The molecule has 0 radical (unpaired) electrons. The van der Waals surface area contributed by atoms with E-state index in [9.17, 15) is 9.90 Å². The van der Waals surface area contributed by atoms with Crippen LogP contribution in [0.5, 0.6) is 11.5 Å². The number of nitriles is 1. The predicted molar refractivity (Wildman–Crippen MR) is 87.0 cm³/mol. The van der Waals surface area contributed by atoms with Gasteiger partial charge >= 0.3 is 0 Å². The number of rotatable bonds is 5. The fourth-order valence-corrected chi connectivity index (χ4v) is 1.77. The molecule has 0 saturated heterocycles. The predicted octanol–water partition coefficient (Wildman–Crippen LogP) is 2.86. The Hall–Kier alpha value is -3.46. The van der Waals surface area contributed by atoms with Crippen LogP contribution in [0, 0.1) is 11.3 Å². The van der Waals surface area contributed by atoms with Gasteiger partial charge in [0, 0.05) is 23.6 Å². The van der Waals surface area contributed by atoms with Gasteiger partial charge in [-0.3, -0.25) is 4.79 Å². The maximum Gasteiger partial charge on any atom is 0.267 e. The molecule has 0 saturated carbocycles. The zero-order valence-electron chi connectivity index (χ0n) is 12.4. The minimum Gasteiger partial charge on any atom is -0.508 e. The van der Waals surface area contributed by atoms with Crippen LogP contribution in [0.15, 0.2) is 60.3 Å². The number of aromatic hydroxyl groups is 1. The second-order valence-electron chi connectivity index (χ2n) is 4.55. The topological polar surface area (TPSA) is 94.4 Å². The Balaban J connectivity index is 2.05. The minimum absolute atomic E-state index is 0.0876. The van der Waals surface area contributed by atoms with Gasteiger partial charge in [-0.25, -0.2) is 0 Å². The van der Waals surface area contributed by atoms with E-state index in [0.29, 0.717) is 17.1 Å². The number of hydrogen-bond acceptors (Lipinski definition) is 5. The Morgan fingerprint density at radius 3 is 2.57 bits per heavy atom. The molecule has 2 aromatic rings. The molecular formula is C17H15N3O3. The first-order valence-electron chi connectivity index (χ1n) is 6.73. The van der Waals surface area contributed by atoms with Gasteiger partial charge in [0.1, 0.15) is 23.1 Å². The number of benzene rings is 2. The van der Waals surface area contributed by atoms with Gasteiger partial charge in [-0.05, 0) is 36.4 Å². The van der Waals surface area contributed by atoms with Gasteiger partial charge in [0.05, 0.1) is 7.11 Å². The number of nitrogens with zero attached hydrogens (tertiary/aromatic N) is 1. The number of amides is 1. The van der Waals surface area contributed by atoms with Gasteiger partial charge in [0.15, 0.2) is 0 Å². The Morgan fingerprint density at radius 1 is 1.22 bits per heavy atom. The summed E-state index contributed by atoms with van der Waals surface area (Å²) < 4.78 is 5.03. The van der Waals surface area contributed by atoms with Crippen LogP contribution in [0.2, 0.25) is 0 Å². The highest BCUT2D eigenvalue weighted by molar-refractivity contribution is 6.06. The lowest BCUT2D eigenvalue weighted by Gasteiger charge is -2.06. The van der Waals surface area contributed by atoms with Crippen molar-refractivity contribution in [3.05, 3.63) is 60.3 Å². The summed E-state index contributed by atoms with van der Waals surface area (Å²) in [6.45, 7) is 0. The SMILES string of the molecule is COc1ccc(NC(=O)/C(C#N)=C\Nc2cccc(O)c2)cc1. The maximum atomic E-state index is 12.1. The molecular weight excluding hydrogens is 294 g/mol. The molecule has 6 nitrogen and oxygen atoms in total. The number of carbonyl (C=O) groups excluding carboxylic acids is 1. The third kappa shape index (κ3) is 4.51. The Morgan fingerprint density at radius 2 is 1.96 bits per heavy atom. The van der Waals surface area contributed by atoms with Crippen LogP contribution in [0.4, 0.5) is 11.4 Å². The van der Waals surface area contributed by atoms with Crippen LogP contribution in [-0.2, 0) is 4.79 Å². The number of ether oxygens (including phenoxy) is 1. The van der Waals surface area contributed by atoms with E-state index in [4.69, 9.17) is 10.00 Å². The largest absolute Gasteiger partial charge is 0.508 e. The van der Waals surface area contributed by atoms with E-state index >= 15 is 0 Å². The zero-order chi connectivity index (χ0) is 16.7. The average Bonchev–Trinajstić information content (AvgIpc) is 2.56. The summed E-state index contributed by atoms with van der Waals surface area (Å²) in [5.74, 6) is 0.222. The summed E-state index contributed by atoms with van der Waals surface area (Å²) in [5.41, 5.74) is 1.02. The van der Waals surface area contributed by atoms with E-state index in [-0.39, 0.29) is 11.3 Å². The van der Waals surface area contributed by atoms with E-state index in [1.807, 2.05) is 6.07 Å². The molecule has 0 aliphatic rings. The normalized spacial score (nSPS) is 10.5. The lowest BCUT2D eigenvalue weighted by molar-refractivity contribution is -0.112. The molecule has 0 bridgehead atoms. The number of carbonyl (C=O) groups is 1. The molecule has 0 unspecified atom stereocenters. The quantitative estimate of drug-likeness (QED) is 0.583. The number of methoxy groups -OCH3 is 1. The summed E-state index contributed by atoms with van der Waals surface area (Å²) in [6.07, 6.45) is 1.29. The van der Waals surface area contributed by atoms with E-state index in [0.717, 1.165) is 0 Å². The van der Waals surface area contributed by atoms with Crippen molar-refractivity contribution >= 4 is 17.3 Å².